The summed E-state index contributed by atoms with van der Waals surface area (Å²) in [6.45, 7) is 3.27. The van der Waals surface area contributed by atoms with Gasteiger partial charge in [-0.05, 0) is 60.0 Å². The molecule has 0 aliphatic heterocycles. The summed E-state index contributed by atoms with van der Waals surface area (Å²) in [6, 6.07) is 21.3. The second-order valence-corrected chi connectivity index (χ2v) is 9.40. The van der Waals surface area contributed by atoms with Crippen molar-refractivity contribution >= 4 is 21.6 Å². The molecule has 0 aliphatic rings. The van der Waals surface area contributed by atoms with Crippen LogP contribution in [0.4, 0.5) is 5.69 Å². The maximum Gasteiger partial charge on any atom is 0.241 e. The standard InChI is InChI=1S/C25H24N4O3S/c1-18(20-5-11-24(12-6-20)29-16-15-26-17-29)28-33(31,32)25-13-7-22(8-14-25)21-3-9-23(10-4-21)27-19(2)30/h3-18,28H,1-2H3,(H,27,30). The number of carbonyl (C=O) groups excluding carboxylic acids is 1. The van der Waals surface area contributed by atoms with Crippen molar-refractivity contribution in [2.24, 2.45) is 0 Å². The Hall–Kier alpha value is -3.75. The van der Waals surface area contributed by atoms with E-state index < -0.39 is 16.1 Å². The first-order valence-electron chi connectivity index (χ1n) is 10.4. The van der Waals surface area contributed by atoms with Gasteiger partial charge in [0.05, 0.1) is 11.2 Å². The fraction of sp³-hybridized carbons (Fsp3) is 0.120. The third-order valence-corrected chi connectivity index (χ3v) is 6.79. The lowest BCUT2D eigenvalue weighted by Crippen LogP contribution is -2.26. The molecule has 4 aromatic rings. The fourth-order valence-corrected chi connectivity index (χ4v) is 4.72. The highest BCUT2D eigenvalue weighted by molar-refractivity contribution is 7.89. The molecule has 0 saturated heterocycles. The van der Waals surface area contributed by atoms with Crippen molar-refractivity contribution in [3.63, 3.8) is 0 Å². The summed E-state index contributed by atoms with van der Waals surface area (Å²) >= 11 is 0. The van der Waals surface area contributed by atoms with E-state index in [-0.39, 0.29) is 10.8 Å². The van der Waals surface area contributed by atoms with Crippen molar-refractivity contribution in [3.05, 3.63) is 97.1 Å². The molecule has 1 unspecified atom stereocenters. The molecule has 168 valence electrons. The van der Waals surface area contributed by atoms with Gasteiger partial charge in [0, 0.05) is 36.7 Å². The van der Waals surface area contributed by atoms with E-state index in [2.05, 4.69) is 15.0 Å². The second kappa shape index (κ2) is 9.40. The van der Waals surface area contributed by atoms with Gasteiger partial charge in [-0.3, -0.25) is 4.79 Å². The van der Waals surface area contributed by atoms with Crippen molar-refractivity contribution in [2.75, 3.05) is 5.32 Å². The number of hydrogen-bond acceptors (Lipinski definition) is 4. The smallest absolute Gasteiger partial charge is 0.241 e. The van der Waals surface area contributed by atoms with Crippen LogP contribution in [0.3, 0.4) is 0 Å². The van der Waals surface area contributed by atoms with E-state index in [0.29, 0.717) is 5.69 Å². The minimum atomic E-state index is -3.69. The first kappa shape index (κ1) is 22.4. The van der Waals surface area contributed by atoms with Crippen molar-refractivity contribution < 1.29 is 13.2 Å². The number of nitrogens with zero attached hydrogens (tertiary/aromatic N) is 2. The third kappa shape index (κ3) is 5.36. The normalized spacial score (nSPS) is 12.3. The molecule has 2 N–H and O–H groups in total. The third-order valence-electron chi connectivity index (χ3n) is 5.23. The van der Waals surface area contributed by atoms with E-state index >= 15 is 0 Å². The summed E-state index contributed by atoms with van der Waals surface area (Å²) in [5.74, 6) is -0.131. The van der Waals surface area contributed by atoms with Crippen molar-refractivity contribution in [1.82, 2.24) is 14.3 Å². The van der Waals surface area contributed by atoms with Crippen LogP contribution in [0, 0.1) is 0 Å². The van der Waals surface area contributed by atoms with Crippen LogP contribution in [0.1, 0.15) is 25.5 Å². The summed E-state index contributed by atoms with van der Waals surface area (Å²) in [4.78, 5) is 15.4. The van der Waals surface area contributed by atoms with Crippen LogP contribution in [0.25, 0.3) is 16.8 Å². The Morgan fingerprint density at radius 1 is 0.909 bits per heavy atom. The van der Waals surface area contributed by atoms with Gasteiger partial charge in [0.1, 0.15) is 0 Å². The van der Waals surface area contributed by atoms with Gasteiger partial charge in [-0.25, -0.2) is 18.1 Å². The predicted octanol–water partition coefficient (Wildman–Crippen LogP) is 4.54. The molecule has 3 aromatic carbocycles. The average Bonchev–Trinajstić information content (AvgIpc) is 3.34. The van der Waals surface area contributed by atoms with Gasteiger partial charge < -0.3 is 9.88 Å². The van der Waals surface area contributed by atoms with E-state index in [1.807, 2.05) is 66.2 Å². The van der Waals surface area contributed by atoms with Gasteiger partial charge in [-0.2, -0.15) is 0 Å². The highest BCUT2D eigenvalue weighted by atomic mass is 32.2. The molecule has 0 aliphatic carbocycles. The Kier molecular flexibility index (Phi) is 6.39. The topological polar surface area (TPSA) is 93.1 Å². The zero-order valence-corrected chi connectivity index (χ0v) is 19.1. The number of carbonyl (C=O) groups is 1. The van der Waals surface area contributed by atoms with Crippen LogP contribution in [-0.2, 0) is 14.8 Å². The van der Waals surface area contributed by atoms with Crippen molar-refractivity contribution in [3.8, 4) is 16.8 Å². The highest BCUT2D eigenvalue weighted by Crippen LogP contribution is 2.24. The van der Waals surface area contributed by atoms with E-state index in [1.54, 1.807) is 36.8 Å². The molecule has 1 atom stereocenters. The van der Waals surface area contributed by atoms with Gasteiger partial charge >= 0.3 is 0 Å². The van der Waals surface area contributed by atoms with Crippen LogP contribution in [0.5, 0.6) is 0 Å². The summed E-state index contributed by atoms with van der Waals surface area (Å²) in [5.41, 5.74) is 4.32. The quantitative estimate of drug-likeness (QED) is 0.424. The molecule has 33 heavy (non-hydrogen) atoms. The van der Waals surface area contributed by atoms with Crippen LogP contribution in [-0.4, -0.2) is 23.9 Å². The largest absolute Gasteiger partial charge is 0.326 e. The summed E-state index contributed by atoms with van der Waals surface area (Å²) in [7, 11) is -3.69. The molecule has 0 bridgehead atoms. The van der Waals surface area contributed by atoms with Crippen LogP contribution >= 0.6 is 0 Å². The number of amides is 1. The second-order valence-electron chi connectivity index (χ2n) is 7.69. The zero-order valence-electron chi connectivity index (χ0n) is 18.3. The number of imidazole rings is 1. The molecule has 4 rings (SSSR count). The van der Waals surface area contributed by atoms with E-state index in [1.165, 1.54) is 6.92 Å². The predicted molar refractivity (Wildman–Crippen MR) is 128 cm³/mol. The van der Waals surface area contributed by atoms with Gasteiger partial charge in [0.25, 0.3) is 0 Å². The van der Waals surface area contributed by atoms with Gasteiger partial charge in [0.2, 0.25) is 15.9 Å². The molecule has 7 nitrogen and oxygen atoms in total. The van der Waals surface area contributed by atoms with Gasteiger partial charge in [-0.15, -0.1) is 0 Å². The monoisotopic (exact) mass is 460 g/mol. The molecule has 1 aromatic heterocycles. The molecular weight excluding hydrogens is 436 g/mol. The van der Waals surface area contributed by atoms with Gasteiger partial charge in [-0.1, -0.05) is 36.4 Å². The Morgan fingerprint density at radius 3 is 2.06 bits per heavy atom. The Morgan fingerprint density at radius 2 is 1.52 bits per heavy atom. The lowest BCUT2D eigenvalue weighted by molar-refractivity contribution is -0.114. The molecule has 0 spiro atoms. The number of nitrogens with one attached hydrogen (secondary N) is 2. The Bertz CT molecular complexity index is 1330. The fourth-order valence-electron chi connectivity index (χ4n) is 3.49. The Labute approximate surface area is 193 Å². The van der Waals surface area contributed by atoms with E-state index in [9.17, 15) is 13.2 Å². The minimum Gasteiger partial charge on any atom is -0.326 e. The maximum absolute atomic E-state index is 12.9. The molecular formula is C25H24N4O3S. The van der Waals surface area contributed by atoms with E-state index in [0.717, 1.165) is 22.4 Å². The molecule has 1 amide bonds. The molecule has 0 saturated carbocycles. The molecule has 8 heteroatoms. The molecule has 0 fully saturated rings. The number of aromatic nitrogens is 2. The summed E-state index contributed by atoms with van der Waals surface area (Å²) in [6.07, 6.45) is 5.27. The first-order chi connectivity index (χ1) is 15.8. The van der Waals surface area contributed by atoms with Crippen molar-refractivity contribution in [1.29, 1.82) is 0 Å². The lowest BCUT2D eigenvalue weighted by atomic mass is 10.1. The molecule has 0 radical (unpaired) electrons. The number of benzene rings is 3. The first-order valence-corrected chi connectivity index (χ1v) is 11.9. The minimum absolute atomic E-state index is 0.131. The maximum atomic E-state index is 12.9. The highest BCUT2D eigenvalue weighted by Gasteiger charge is 2.18. The summed E-state index contributed by atoms with van der Waals surface area (Å²) < 4.78 is 30.4. The average molecular weight is 461 g/mol. The van der Waals surface area contributed by atoms with Crippen LogP contribution < -0.4 is 10.0 Å². The molecule has 1 heterocycles. The summed E-state index contributed by atoms with van der Waals surface area (Å²) in [5, 5.41) is 2.72. The number of hydrogen-bond donors (Lipinski definition) is 2. The number of anilines is 1. The Balaban J connectivity index is 1.45. The van der Waals surface area contributed by atoms with Crippen molar-refractivity contribution in [2.45, 2.75) is 24.8 Å². The zero-order chi connectivity index (χ0) is 23.4. The van der Waals surface area contributed by atoms with Gasteiger partial charge in [0.15, 0.2) is 0 Å². The van der Waals surface area contributed by atoms with E-state index in [4.69, 9.17) is 0 Å². The number of rotatable bonds is 7. The SMILES string of the molecule is CC(=O)Nc1ccc(-c2ccc(S(=O)(=O)NC(C)c3ccc(-n4ccnc4)cc3)cc2)cc1. The van der Waals surface area contributed by atoms with Crippen LogP contribution in [0.15, 0.2) is 96.4 Å². The lowest BCUT2D eigenvalue weighted by Gasteiger charge is -2.16. The number of sulfonamides is 1. The van der Waals surface area contributed by atoms with Crippen LogP contribution in [0.2, 0.25) is 0 Å².